The number of benzene rings is 1. The zero-order valence-electron chi connectivity index (χ0n) is 18.3. The van der Waals surface area contributed by atoms with E-state index in [1.165, 1.54) is 6.07 Å². The molecule has 0 aliphatic carbocycles. The zero-order valence-corrected chi connectivity index (χ0v) is 18.3. The van der Waals surface area contributed by atoms with Gasteiger partial charge in [-0.2, -0.15) is 0 Å². The number of piperidine rings is 1. The summed E-state index contributed by atoms with van der Waals surface area (Å²) in [7, 11) is 0. The Hall–Kier alpha value is -2.41. The van der Waals surface area contributed by atoms with Crippen LogP contribution in [0.3, 0.4) is 0 Å². The van der Waals surface area contributed by atoms with E-state index in [0.29, 0.717) is 24.9 Å². The van der Waals surface area contributed by atoms with Crippen molar-refractivity contribution >= 4 is 5.96 Å². The van der Waals surface area contributed by atoms with Crippen LogP contribution in [0.15, 0.2) is 39.8 Å². The summed E-state index contributed by atoms with van der Waals surface area (Å²) in [6, 6.07) is 9.03. The van der Waals surface area contributed by atoms with Crippen LogP contribution in [-0.2, 0) is 13.1 Å². The monoisotopic (exact) mass is 415 g/mol. The number of nitrogens with zero attached hydrogens (tertiary/aromatic N) is 3. The average molecular weight is 416 g/mol. The molecule has 0 unspecified atom stereocenters. The molecule has 1 aromatic carbocycles. The van der Waals surface area contributed by atoms with Gasteiger partial charge in [-0.3, -0.25) is 4.90 Å². The maximum Gasteiger partial charge on any atom is 0.191 e. The summed E-state index contributed by atoms with van der Waals surface area (Å²) in [6.07, 6.45) is 2.20. The Labute approximate surface area is 178 Å². The molecule has 30 heavy (non-hydrogen) atoms. The van der Waals surface area contributed by atoms with Crippen molar-refractivity contribution in [1.29, 1.82) is 0 Å². The average Bonchev–Trinajstić information content (AvgIpc) is 3.22. The molecule has 0 radical (unpaired) electrons. The Bertz CT molecular complexity index is 811. The Balaban J connectivity index is 1.44. The molecule has 1 saturated heterocycles. The van der Waals surface area contributed by atoms with Crippen LogP contribution in [-0.4, -0.2) is 42.2 Å². The van der Waals surface area contributed by atoms with Crippen LogP contribution >= 0.6 is 0 Å². The van der Waals surface area contributed by atoms with Gasteiger partial charge in [0.05, 0.1) is 5.69 Å². The minimum absolute atomic E-state index is 0.111. The van der Waals surface area contributed by atoms with Crippen LogP contribution < -0.4 is 10.6 Å². The second-order valence-corrected chi connectivity index (χ2v) is 8.26. The Morgan fingerprint density at radius 3 is 2.70 bits per heavy atom. The lowest BCUT2D eigenvalue weighted by Gasteiger charge is -2.32. The van der Waals surface area contributed by atoms with Crippen molar-refractivity contribution in [2.75, 3.05) is 26.2 Å². The molecule has 2 heterocycles. The molecule has 6 nitrogen and oxygen atoms in total. The molecule has 0 saturated carbocycles. The number of halogens is 1. The summed E-state index contributed by atoms with van der Waals surface area (Å²) in [6.45, 7) is 11.1. The quantitative estimate of drug-likeness (QED) is 0.506. The topological polar surface area (TPSA) is 65.7 Å². The molecule has 164 valence electrons. The van der Waals surface area contributed by atoms with Crippen LogP contribution in [0.2, 0.25) is 0 Å². The van der Waals surface area contributed by atoms with Crippen molar-refractivity contribution in [3.63, 3.8) is 0 Å². The van der Waals surface area contributed by atoms with Gasteiger partial charge in [-0.15, -0.1) is 0 Å². The van der Waals surface area contributed by atoms with Crippen LogP contribution in [0.4, 0.5) is 4.39 Å². The first-order chi connectivity index (χ1) is 14.5. The lowest BCUT2D eigenvalue weighted by Crippen LogP contribution is -2.42. The van der Waals surface area contributed by atoms with Crippen LogP contribution in [0, 0.1) is 11.7 Å². The van der Waals surface area contributed by atoms with E-state index in [4.69, 9.17) is 4.52 Å². The molecule has 1 aliphatic heterocycles. The third-order valence-electron chi connectivity index (χ3n) is 5.52. The fourth-order valence-corrected chi connectivity index (χ4v) is 3.63. The number of nitrogens with one attached hydrogen (secondary N) is 2. The Kier molecular flexibility index (Phi) is 8.25. The fraction of sp³-hybridized carbons (Fsp3) is 0.565. The standard InChI is InChI=1S/C23H34FN5O/c1-4-25-23(27-15-20-13-22(17(2)3)28-30-20)26-14-18-9-11-29(12-10-18)16-19-7-5-6-8-21(19)24/h5-8,13,17-18H,4,9-12,14-16H2,1-3H3,(H2,25,26,27). The van der Waals surface area contributed by atoms with Crippen molar-refractivity contribution in [2.45, 2.75) is 52.6 Å². The van der Waals surface area contributed by atoms with E-state index in [1.54, 1.807) is 6.07 Å². The van der Waals surface area contributed by atoms with Crippen molar-refractivity contribution in [1.82, 2.24) is 20.7 Å². The lowest BCUT2D eigenvalue weighted by atomic mass is 9.96. The zero-order chi connectivity index (χ0) is 21.3. The molecule has 1 aliphatic rings. The van der Waals surface area contributed by atoms with E-state index in [-0.39, 0.29) is 5.82 Å². The van der Waals surface area contributed by atoms with Gasteiger partial charge in [0.1, 0.15) is 12.4 Å². The molecule has 0 spiro atoms. The second-order valence-electron chi connectivity index (χ2n) is 8.26. The minimum Gasteiger partial charge on any atom is -0.359 e. The van der Waals surface area contributed by atoms with E-state index < -0.39 is 0 Å². The highest BCUT2D eigenvalue weighted by Crippen LogP contribution is 2.19. The van der Waals surface area contributed by atoms with Crippen molar-refractivity contribution in [2.24, 2.45) is 10.9 Å². The van der Waals surface area contributed by atoms with Crippen molar-refractivity contribution < 1.29 is 8.91 Å². The number of likely N-dealkylation sites (tertiary alicyclic amines) is 1. The number of hydrogen-bond donors (Lipinski definition) is 2. The highest BCUT2D eigenvalue weighted by molar-refractivity contribution is 5.79. The number of guanidine groups is 1. The van der Waals surface area contributed by atoms with E-state index in [9.17, 15) is 4.39 Å². The molecule has 2 N–H and O–H groups in total. The first kappa shape index (κ1) is 22.3. The summed E-state index contributed by atoms with van der Waals surface area (Å²) in [5, 5.41) is 10.8. The predicted molar refractivity (Wildman–Crippen MR) is 118 cm³/mol. The Morgan fingerprint density at radius 1 is 1.27 bits per heavy atom. The lowest BCUT2D eigenvalue weighted by molar-refractivity contribution is 0.176. The number of hydrogen-bond acceptors (Lipinski definition) is 4. The van der Waals surface area contributed by atoms with Gasteiger partial charge in [0.25, 0.3) is 0 Å². The number of rotatable bonds is 8. The SMILES string of the molecule is CCNC(=NCc1cc(C(C)C)no1)NCC1CCN(Cc2ccccc2F)CC1. The van der Waals surface area contributed by atoms with Crippen molar-refractivity contribution in [3.8, 4) is 0 Å². The Morgan fingerprint density at radius 2 is 2.03 bits per heavy atom. The van der Waals surface area contributed by atoms with Crippen LogP contribution in [0.25, 0.3) is 0 Å². The van der Waals surface area contributed by atoms with Crippen LogP contribution in [0.1, 0.15) is 56.5 Å². The van der Waals surface area contributed by atoms with Gasteiger partial charge in [-0.25, -0.2) is 9.38 Å². The molecule has 0 atom stereocenters. The minimum atomic E-state index is -0.111. The summed E-state index contributed by atoms with van der Waals surface area (Å²) in [5.74, 6) is 2.40. The predicted octanol–water partition coefficient (Wildman–Crippen LogP) is 3.90. The fourth-order valence-electron chi connectivity index (χ4n) is 3.63. The van der Waals surface area contributed by atoms with Gasteiger partial charge in [0.15, 0.2) is 11.7 Å². The molecule has 1 fully saturated rings. The summed E-state index contributed by atoms with van der Waals surface area (Å²) >= 11 is 0. The number of aromatic nitrogens is 1. The molecule has 0 bridgehead atoms. The normalized spacial score (nSPS) is 16.2. The molecule has 7 heteroatoms. The summed E-state index contributed by atoms with van der Waals surface area (Å²) in [5.41, 5.74) is 1.74. The van der Waals surface area contributed by atoms with E-state index in [0.717, 1.165) is 62.0 Å². The smallest absolute Gasteiger partial charge is 0.191 e. The molecule has 0 amide bonds. The van der Waals surface area contributed by atoms with Gasteiger partial charge < -0.3 is 15.2 Å². The third kappa shape index (κ3) is 6.55. The van der Waals surface area contributed by atoms with E-state index in [2.05, 4.69) is 46.5 Å². The van der Waals surface area contributed by atoms with E-state index in [1.807, 2.05) is 18.2 Å². The molecule has 3 rings (SSSR count). The first-order valence-electron chi connectivity index (χ1n) is 11.0. The van der Waals surface area contributed by atoms with Gasteiger partial charge in [-0.1, -0.05) is 37.2 Å². The van der Waals surface area contributed by atoms with Gasteiger partial charge >= 0.3 is 0 Å². The third-order valence-corrected chi connectivity index (χ3v) is 5.52. The maximum absolute atomic E-state index is 13.9. The molecular weight excluding hydrogens is 381 g/mol. The summed E-state index contributed by atoms with van der Waals surface area (Å²) < 4.78 is 19.2. The van der Waals surface area contributed by atoms with E-state index >= 15 is 0 Å². The summed E-state index contributed by atoms with van der Waals surface area (Å²) in [4.78, 5) is 6.97. The second kappa shape index (κ2) is 11.1. The largest absolute Gasteiger partial charge is 0.359 e. The number of aliphatic imine (C=N–C) groups is 1. The highest BCUT2D eigenvalue weighted by Gasteiger charge is 2.20. The highest BCUT2D eigenvalue weighted by atomic mass is 19.1. The molecular formula is C23H34FN5O. The van der Waals surface area contributed by atoms with Gasteiger partial charge in [0.2, 0.25) is 0 Å². The maximum atomic E-state index is 13.9. The first-order valence-corrected chi connectivity index (χ1v) is 11.0. The molecule has 2 aromatic rings. The van der Waals surface area contributed by atoms with Crippen molar-refractivity contribution in [3.05, 3.63) is 53.2 Å². The van der Waals surface area contributed by atoms with Crippen LogP contribution in [0.5, 0.6) is 0 Å². The molecule has 1 aromatic heterocycles. The van der Waals surface area contributed by atoms with Gasteiger partial charge in [-0.05, 0) is 50.8 Å². The van der Waals surface area contributed by atoms with Gasteiger partial charge in [0, 0.05) is 31.3 Å².